The number of aromatic amines is 1. The van der Waals surface area contributed by atoms with Gasteiger partial charge in [0.1, 0.15) is 11.5 Å². The van der Waals surface area contributed by atoms with E-state index in [1.807, 2.05) is 12.1 Å². The molecule has 0 aliphatic heterocycles. The number of hydrogen-bond donors (Lipinski definition) is 2. The summed E-state index contributed by atoms with van der Waals surface area (Å²) < 4.78 is 11.5. The Morgan fingerprint density at radius 2 is 1.60 bits per heavy atom. The van der Waals surface area contributed by atoms with Gasteiger partial charge in [-0.2, -0.15) is 0 Å². The van der Waals surface area contributed by atoms with Crippen molar-refractivity contribution in [1.82, 2.24) is 9.88 Å². The summed E-state index contributed by atoms with van der Waals surface area (Å²) in [6.45, 7) is 2.99. The van der Waals surface area contributed by atoms with E-state index in [1.165, 1.54) is 22.1 Å². The molecule has 4 aromatic carbocycles. The summed E-state index contributed by atoms with van der Waals surface area (Å²) in [7, 11) is 1.70. The van der Waals surface area contributed by atoms with Crippen LogP contribution >= 0.6 is 0 Å². The van der Waals surface area contributed by atoms with Crippen molar-refractivity contribution >= 4 is 16.8 Å². The van der Waals surface area contributed by atoms with Crippen LogP contribution in [0.15, 0.2) is 109 Å². The summed E-state index contributed by atoms with van der Waals surface area (Å²) in [5.74, 6) is 1.26. The quantitative estimate of drug-likeness (QED) is 0.172. The van der Waals surface area contributed by atoms with E-state index in [0.29, 0.717) is 17.9 Å². The van der Waals surface area contributed by atoms with Gasteiger partial charge in [0.2, 0.25) is 5.91 Å². The number of benzene rings is 4. The molecule has 0 unspecified atom stereocenters. The van der Waals surface area contributed by atoms with Crippen molar-refractivity contribution in [2.24, 2.45) is 5.73 Å². The minimum Gasteiger partial charge on any atom is -0.497 e. The number of ether oxygens (including phenoxy) is 2. The van der Waals surface area contributed by atoms with Crippen molar-refractivity contribution < 1.29 is 14.3 Å². The zero-order valence-electron chi connectivity index (χ0n) is 22.8. The third kappa shape index (κ3) is 6.71. The average molecular weight is 534 g/mol. The van der Waals surface area contributed by atoms with Crippen molar-refractivity contribution in [3.63, 3.8) is 0 Å². The molecule has 0 radical (unpaired) electrons. The van der Waals surface area contributed by atoms with Gasteiger partial charge in [-0.3, -0.25) is 9.69 Å². The highest BCUT2D eigenvalue weighted by Gasteiger charge is 2.20. The van der Waals surface area contributed by atoms with Crippen molar-refractivity contribution in [1.29, 1.82) is 0 Å². The molecule has 40 heavy (non-hydrogen) atoms. The summed E-state index contributed by atoms with van der Waals surface area (Å²) >= 11 is 0. The first-order chi connectivity index (χ1) is 19.6. The number of aromatic nitrogens is 1. The number of nitrogens with one attached hydrogen (secondary N) is 1. The van der Waals surface area contributed by atoms with Crippen LogP contribution in [0.5, 0.6) is 11.5 Å². The molecule has 1 amide bonds. The largest absolute Gasteiger partial charge is 0.497 e. The molecule has 0 spiro atoms. The standard InChI is InChI=1S/C34H35N3O3/c1-39-29-16-17-33-31(21-29)28(22-36-33)23-37(18-9-19-40-30-15-8-14-27(20-30)34(35)38)24-32(25-10-4-2-5-11-25)26-12-6-3-7-13-26/h2-8,10-17,20-22,32,36H,9,18-19,23-24H2,1H3,(H2,35,38). The predicted molar refractivity (Wildman–Crippen MR) is 160 cm³/mol. The molecule has 5 aromatic rings. The molecule has 5 rings (SSSR count). The van der Waals surface area contributed by atoms with Crippen LogP contribution < -0.4 is 15.2 Å². The summed E-state index contributed by atoms with van der Waals surface area (Å²) in [4.78, 5) is 17.5. The van der Waals surface area contributed by atoms with Crippen LogP contribution in [-0.4, -0.2) is 42.6 Å². The number of amides is 1. The second-order valence-corrected chi connectivity index (χ2v) is 9.93. The Morgan fingerprint density at radius 3 is 2.27 bits per heavy atom. The molecular weight excluding hydrogens is 498 g/mol. The lowest BCUT2D eigenvalue weighted by atomic mass is 9.90. The van der Waals surface area contributed by atoms with Crippen LogP contribution in [0.4, 0.5) is 0 Å². The van der Waals surface area contributed by atoms with Gasteiger partial charge in [0.15, 0.2) is 0 Å². The number of nitrogens with zero attached hydrogens (tertiary/aromatic N) is 1. The SMILES string of the molecule is COc1ccc2[nH]cc(CN(CCCOc3cccc(C(N)=O)c3)CC(c3ccccc3)c3ccccc3)c2c1. The van der Waals surface area contributed by atoms with Gasteiger partial charge in [-0.05, 0) is 59.5 Å². The number of carbonyl (C=O) groups is 1. The minimum atomic E-state index is -0.458. The van der Waals surface area contributed by atoms with E-state index in [4.69, 9.17) is 15.2 Å². The van der Waals surface area contributed by atoms with Crippen LogP contribution in [0.25, 0.3) is 10.9 Å². The fourth-order valence-corrected chi connectivity index (χ4v) is 5.14. The second-order valence-electron chi connectivity index (χ2n) is 9.93. The van der Waals surface area contributed by atoms with Gasteiger partial charge in [-0.1, -0.05) is 66.7 Å². The molecule has 0 aliphatic rings. The molecule has 1 aromatic heterocycles. The van der Waals surface area contributed by atoms with Crippen molar-refractivity contribution in [2.45, 2.75) is 18.9 Å². The highest BCUT2D eigenvalue weighted by Crippen LogP contribution is 2.29. The van der Waals surface area contributed by atoms with Gasteiger partial charge in [0, 0.05) is 48.2 Å². The molecule has 0 saturated carbocycles. The molecule has 204 valence electrons. The molecule has 3 N–H and O–H groups in total. The van der Waals surface area contributed by atoms with Gasteiger partial charge in [-0.25, -0.2) is 0 Å². The molecule has 0 fully saturated rings. The Balaban J connectivity index is 1.37. The first-order valence-corrected chi connectivity index (χ1v) is 13.6. The average Bonchev–Trinajstić information content (AvgIpc) is 3.40. The van der Waals surface area contributed by atoms with E-state index in [0.717, 1.165) is 37.3 Å². The number of nitrogens with two attached hydrogens (primary N) is 1. The van der Waals surface area contributed by atoms with Gasteiger partial charge in [0.25, 0.3) is 0 Å². The number of methoxy groups -OCH3 is 1. The molecule has 0 saturated heterocycles. The summed E-state index contributed by atoms with van der Waals surface area (Å²) in [6, 6.07) is 34.6. The van der Waals surface area contributed by atoms with E-state index in [2.05, 4.69) is 88.9 Å². The Hall–Kier alpha value is -4.55. The van der Waals surface area contributed by atoms with Crippen molar-refractivity contribution in [3.8, 4) is 11.5 Å². The van der Waals surface area contributed by atoms with Crippen LogP contribution in [0.3, 0.4) is 0 Å². The summed E-state index contributed by atoms with van der Waals surface area (Å²) in [5, 5.41) is 1.17. The zero-order valence-corrected chi connectivity index (χ0v) is 22.8. The van der Waals surface area contributed by atoms with Gasteiger partial charge < -0.3 is 20.2 Å². The molecular formula is C34H35N3O3. The first kappa shape index (κ1) is 27.0. The number of hydrogen-bond acceptors (Lipinski definition) is 4. The topological polar surface area (TPSA) is 80.6 Å². The van der Waals surface area contributed by atoms with Crippen molar-refractivity contribution in [3.05, 3.63) is 132 Å². The van der Waals surface area contributed by atoms with Crippen LogP contribution in [0.1, 0.15) is 39.4 Å². The Morgan fingerprint density at radius 1 is 0.875 bits per heavy atom. The predicted octanol–water partition coefficient (Wildman–Crippen LogP) is 6.38. The first-order valence-electron chi connectivity index (χ1n) is 13.6. The maximum atomic E-state index is 11.5. The smallest absolute Gasteiger partial charge is 0.248 e. The van der Waals surface area contributed by atoms with E-state index >= 15 is 0 Å². The third-order valence-electron chi connectivity index (χ3n) is 7.22. The number of fused-ring (bicyclic) bond motifs is 1. The monoisotopic (exact) mass is 533 g/mol. The molecule has 1 heterocycles. The molecule has 0 aliphatic carbocycles. The van der Waals surface area contributed by atoms with E-state index in [-0.39, 0.29) is 5.92 Å². The number of rotatable bonds is 13. The lowest BCUT2D eigenvalue weighted by Crippen LogP contribution is -2.30. The summed E-state index contributed by atoms with van der Waals surface area (Å²) in [6.07, 6.45) is 2.92. The molecule has 0 atom stereocenters. The summed E-state index contributed by atoms with van der Waals surface area (Å²) in [5.41, 5.74) is 10.8. The van der Waals surface area contributed by atoms with Gasteiger partial charge >= 0.3 is 0 Å². The lowest BCUT2D eigenvalue weighted by Gasteiger charge is -2.28. The van der Waals surface area contributed by atoms with E-state index < -0.39 is 5.91 Å². The van der Waals surface area contributed by atoms with Gasteiger partial charge in [0.05, 0.1) is 13.7 Å². The van der Waals surface area contributed by atoms with Crippen LogP contribution in [0.2, 0.25) is 0 Å². The van der Waals surface area contributed by atoms with Crippen LogP contribution in [0, 0.1) is 0 Å². The molecule has 6 nitrogen and oxygen atoms in total. The highest BCUT2D eigenvalue weighted by atomic mass is 16.5. The maximum absolute atomic E-state index is 11.5. The highest BCUT2D eigenvalue weighted by molar-refractivity contribution is 5.93. The Kier molecular flexibility index (Phi) is 8.79. The van der Waals surface area contributed by atoms with Crippen molar-refractivity contribution in [2.75, 3.05) is 26.8 Å². The normalized spacial score (nSPS) is 11.3. The minimum absolute atomic E-state index is 0.218. The Labute approximate surface area is 235 Å². The molecule has 0 bridgehead atoms. The zero-order chi connectivity index (χ0) is 27.7. The second kappa shape index (κ2) is 13.0. The number of carbonyl (C=O) groups excluding carboxylic acids is 1. The van der Waals surface area contributed by atoms with Crippen LogP contribution in [-0.2, 0) is 6.54 Å². The van der Waals surface area contributed by atoms with Gasteiger partial charge in [-0.15, -0.1) is 0 Å². The maximum Gasteiger partial charge on any atom is 0.248 e. The molecule has 6 heteroatoms. The number of H-pyrrole nitrogens is 1. The fraction of sp³-hybridized carbons (Fsp3) is 0.206. The fourth-order valence-electron chi connectivity index (χ4n) is 5.14. The Bertz CT molecular complexity index is 1490. The van der Waals surface area contributed by atoms with E-state index in [1.54, 1.807) is 25.3 Å². The lowest BCUT2D eigenvalue weighted by molar-refractivity contribution is 0.0999. The van der Waals surface area contributed by atoms with E-state index in [9.17, 15) is 4.79 Å². The third-order valence-corrected chi connectivity index (χ3v) is 7.22. The number of primary amides is 1.